The van der Waals surface area contributed by atoms with Gasteiger partial charge in [0.25, 0.3) is 11.9 Å². The van der Waals surface area contributed by atoms with Crippen molar-refractivity contribution in [1.29, 1.82) is 0 Å². The number of ether oxygens (including phenoxy) is 1. The van der Waals surface area contributed by atoms with Crippen molar-refractivity contribution in [3.63, 3.8) is 0 Å². The third-order valence-electron chi connectivity index (χ3n) is 4.00. The smallest absolute Gasteiger partial charge is 0.290 e. The fraction of sp³-hybridized carbons (Fsp3) is 0.389. The average molecular weight is 314 g/mol. The fourth-order valence-electron chi connectivity index (χ4n) is 2.75. The predicted molar refractivity (Wildman–Crippen MR) is 87.8 cm³/mol. The first kappa shape index (κ1) is 15.6. The van der Waals surface area contributed by atoms with Gasteiger partial charge in [-0.15, -0.1) is 0 Å². The van der Waals surface area contributed by atoms with Crippen molar-refractivity contribution in [2.24, 2.45) is 5.92 Å². The van der Waals surface area contributed by atoms with Gasteiger partial charge in [-0.3, -0.25) is 4.79 Å². The van der Waals surface area contributed by atoms with Crippen LogP contribution in [-0.4, -0.2) is 25.5 Å². The molecular formula is C18H22N2O3. The maximum Gasteiger partial charge on any atom is 0.290 e. The number of hydrogen-bond acceptors (Lipinski definition) is 4. The van der Waals surface area contributed by atoms with Crippen LogP contribution in [0.5, 0.6) is 11.7 Å². The molecule has 2 heterocycles. The summed E-state index contributed by atoms with van der Waals surface area (Å²) in [5.41, 5.74) is 0. The number of para-hydroxylation sites is 1. The van der Waals surface area contributed by atoms with Crippen LogP contribution in [0.4, 0.5) is 0 Å². The summed E-state index contributed by atoms with van der Waals surface area (Å²) in [5, 5.41) is 6.29. The first-order valence-corrected chi connectivity index (χ1v) is 8.13. The highest BCUT2D eigenvalue weighted by atomic mass is 16.6. The van der Waals surface area contributed by atoms with Gasteiger partial charge in [-0.2, -0.15) is 0 Å². The summed E-state index contributed by atoms with van der Waals surface area (Å²) in [6.45, 7) is 2.83. The number of rotatable bonds is 6. The van der Waals surface area contributed by atoms with Gasteiger partial charge >= 0.3 is 0 Å². The molecule has 1 atom stereocenters. The predicted octanol–water partition coefficient (Wildman–Crippen LogP) is 3.19. The molecule has 1 unspecified atom stereocenters. The van der Waals surface area contributed by atoms with Crippen LogP contribution in [0.3, 0.4) is 0 Å². The molecule has 23 heavy (non-hydrogen) atoms. The zero-order valence-electron chi connectivity index (χ0n) is 13.1. The van der Waals surface area contributed by atoms with Gasteiger partial charge in [0, 0.05) is 12.6 Å². The van der Waals surface area contributed by atoms with E-state index >= 15 is 0 Å². The Bertz CT molecular complexity index is 618. The van der Waals surface area contributed by atoms with Crippen LogP contribution in [0, 0.1) is 5.92 Å². The molecule has 1 aromatic heterocycles. The van der Waals surface area contributed by atoms with Crippen LogP contribution in [0.15, 0.2) is 46.9 Å². The molecule has 3 rings (SSSR count). The van der Waals surface area contributed by atoms with Crippen molar-refractivity contribution in [1.82, 2.24) is 10.6 Å². The quantitative estimate of drug-likeness (QED) is 0.859. The summed E-state index contributed by atoms with van der Waals surface area (Å²) in [7, 11) is 0. The number of piperidine rings is 1. The second-order valence-corrected chi connectivity index (χ2v) is 5.79. The Hall–Kier alpha value is -2.27. The average Bonchev–Trinajstić information content (AvgIpc) is 3.05. The molecule has 2 aromatic rings. The Morgan fingerprint density at radius 2 is 2.13 bits per heavy atom. The largest absolute Gasteiger partial charge is 0.426 e. The molecule has 5 nitrogen and oxygen atoms in total. The fourth-order valence-corrected chi connectivity index (χ4v) is 2.75. The van der Waals surface area contributed by atoms with Crippen LogP contribution in [-0.2, 0) is 0 Å². The lowest BCUT2D eigenvalue weighted by atomic mass is 9.96. The SMILES string of the molecule is O=C(NCCC1CCCNC1)c1ccc(Oc2ccccc2)o1. The summed E-state index contributed by atoms with van der Waals surface area (Å²) in [6, 6.07) is 12.6. The molecule has 1 amide bonds. The molecule has 2 N–H and O–H groups in total. The molecule has 1 aromatic carbocycles. The normalized spacial score (nSPS) is 17.7. The van der Waals surface area contributed by atoms with Crippen molar-refractivity contribution in [2.45, 2.75) is 19.3 Å². The highest BCUT2D eigenvalue weighted by Crippen LogP contribution is 2.23. The maximum atomic E-state index is 12.1. The van der Waals surface area contributed by atoms with Gasteiger partial charge in [0.2, 0.25) is 0 Å². The van der Waals surface area contributed by atoms with E-state index in [1.165, 1.54) is 12.8 Å². The molecule has 1 saturated heterocycles. The number of carbonyl (C=O) groups is 1. The van der Waals surface area contributed by atoms with E-state index in [1.807, 2.05) is 30.3 Å². The van der Waals surface area contributed by atoms with Gasteiger partial charge in [-0.25, -0.2) is 0 Å². The lowest BCUT2D eigenvalue weighted by molar-refractivity contribution is 0.0918. The highest BCUT2D eigenvalue weighted by molar-refractivity contribution is 5.91. The van der Waals surface area contributed by atoms with Gasteiger partial charge < -0.3 is 19.8 Å². The Labute approximate surface area is 136 Å². The Kier molecular flexibility index (Phi) is 5.32. The summed E-state index contributed by atoms with van der Waals surface area (Å²) in [4.78, 5) is 12.1. The minimum Gasteiger partial charge on any atom is -0.426 e. The first-order chi connectivity index (χ1) is 11.3. The molecule has 1 aliphatic heterocycles. The van der Waals surface area contributed by atoms with Gasteiger partial charge in [-0.1, -0.05) is 18.2 Å². The van der Waals surface area contributed by atoms with E-state index in [4.69, 9.17) is 9.15 Å². The lowest BCUT2D eigenvalue weighted by Gasteiger charge is -2.22. The third-order valence-corrected chi connectivity index (χ3v) is 4.00. The molecule has 0 aliphatic carbocycles. The van der Waals surface area contributed by atoms with Crippen molar-refractivity contribution in [2.75, 3.05) is 19.6 Å². The number of amides is 1. The Morgan fingerprint density at radius 3 is 2.91 bits per heavy atom. The summed E-state index contributed by atoms with van der Waals surface area (Å²) >= 11 is 0. The number of furan rings is 1. The van der Waals surface area contributed by atoms with Crippen molar-refractivity contribution in [3.05, 3.63) is 48.2 Å². The Balaban J connectivity index is 1.46. The molecule has 0 radical (unpaired) electrons. The van der Waals surface area contributed by atoms with Gasteiger partial charge in [-0.05, 0) is 56.5 Å². The standard InChI is InChI=1S/C18H22N2O3/c21-18(20-12-10-14-5-4-11-19-13-14)16-8-9-17(23-16)22-15-6-2-1-3-7-15/h1-3,6-9,14,19H,4-5,10-13H2,(H,20,21). The third kappa shape index (κ3) is 4.60. The van der Waals surface area contributed by atoms with Gasteiger partial charge in [0.15, 0.2) is 5.76 Å². The molecular weight excluding hydrogens is 292 g/mol. The molecule has 5 heteroatoms. The Morgan fingerprint density at radius 1 is 1.26 bits per heavy atom. The molecule has 0 bridgehead atoms. The summed E-state index contributed by atoms with van der Waals surface area (Å²) in [6.07, 6.45) is 3.45. The van der Waals surface area contributed by atoms with Crippen LogP contribution in [0.2, 0.25) is 0 Å². The minimum atomic E-state index is -0.198. The topological polar surface area (TPSA) is 63.5 Å². The van der Waals surface area contributed by atoms with Gasteiger partial charge in [0.05, 0.1) is 0 Å². The number of nitrogens with one attached hydrogen (secondary N) is 2. The van der Waals surface area contributed by atoms with E-state index in [1.54, 1.807) is 12.1 Å². The first-order valence-electron chi connectivity index (χ1n) is 8.13. The maximum absolute atomic E-state index is 12.1. The van der Waals surface area contributed by atoms with Crippen LogP contribution < -0.4 is 15.4 Å². The van der Waals surface area contributed by atoms with Gasteiger partial charge in [0.1, 0.15) is 5.75 Å². The monoisotopic (exact) mass is 314 g/mol. The van der Waals surface area contributed by atoms with Crippen molar-refractivity contribution < 1.29 is 13.9 Å². The lowest BCUT2D eigenvalue weighted by Crippen LogP contribution is -2.33. The van der Waals surface area contributed by atoms with Crippen molar-refractivity contribution >= 4 is 5.91 Å². The van der Waals surface area contributed by atoms with E-state index < -0.39 is 0 Å². The van der Waals surface area contributed by atoms with E-state index in [-0.39, 0.29) is 11.7 Å². The number of hydrogen-bond donors (Lipinski definition) is 2. The summed E-state index contributed by atoms with van der Waals surface area (Å²) < 4.78 is 11.0. The zero-order chi connectivity index (χ0) is 15.9. The van der Waals surface area contributed by atoms with Crippen LogP contribution >= 0.6 is 0 Å². The zero-order valence-corrected chi connectivity index (χ0v) is 13.1. The highest BCUT2D eigenvalue weighted by Gasteiger charge is 2.15. The van der Waals surface area contributed by atoms with E-state index in [0.29, 0.717) is 24.2 Å². The molecule has 122 valence electrons. The van der Waals surface area contributed by atoms with Crippen LogP contribution in [0.1, 0.15) is 29.8 Å². The van der Waals surface area contributed by atoms with Crippen molar-refractivity contribution in [3.8, 4) is 11.7 Å². The molecule has 0 spiro atoms. The van der Waals surface area contributed by atoms with E-state index in [9.17, 15) is 4.79 Å². The molecule has 0 saturated carbocycles. The van der Waals surface area contributed by atoms with E-state index in [2.05, 4.69) is 10.6 Å². The second kappa shape index (κ2) is 7.83. The summed E-state index contributed by atoms with van der Waals surface area (Å²) in [5.74, 6) is 1.73. The van der Waals surface area contributed by atoms with E-state index in [0.717, 1.165) is 19.5 Å². The minimum absolute atomic E-state index is 0.198. The number of carbonyl (C=O) groups excluding carboxylic acids is 1. The number of benzene rings is 1. The molecule has 1 fully saturated rings. The molecule has 1 aliphatic rings. The second-order valence-electron chi connectivity index (χ2n) is 5.79. The van der Waals surface area contributed by atoms with Crippen LogP contribution in [0.25, 0.3) is 0 Å².